The minimum Gasteiger partial charge on any atom is -0.326 e. The molecule has 0 atom stereocenters. The summed E-state index contributed by atoms with van der Waals surface area (Å²) in [4.78, 5) is 4.33. The van der Waals surface area contributed by atoms with Crippen LogP contribution in [0.5, 0.6) is 0 Å². The van der Waals surface area contributed by atoms with Crippen LogP contribution in [0.15, 0.2) is 28.8 Å². The van der Waals surface area contributed by atoms with E-state index >= 15 is 0 Å². The van der Waals surface area contributed by atoms with Crippen LogP contribution < -0.4 is 5.73 Å². The zero-order valence-corrected chi connectivity index (χ0v) is 10.0. The van der Waals surface area contributed by atoms with Crippen molar-refractivity contribution in [3.63, 3.8) is 0 Å². The molecule has 5 nitrogen and oxygen atoms in total. The summed E-state index contributed by atoms with van der Waals surface area (Å²) in [6.45, 7) is 2.52. The van der Waals surface area contributed by atoms with Crippen LogP contribution in [0, 0.1) is 6.92 Å². The lowest BCUT2D eigenvalue weighted by atomic mass is 10.2. The number of aromatic nitrogens is 4. The van der Waals surface area contributed by atoms with Crippen molar-refractivity contribution >= 4 is 11.8 Å². The van der Waals surface area contributed by atoms with E-state index in [0.29, 0.717) is 6.54 Å². The van der Waals surface area contributed by atoms with Crippen molar-refractivity contribution < 1.29 is 0 Å². The molecule has 0 saturated heterocycles. The first-order chi connectivity index (χ1) is 7.72. The summed E-state index contributed by atoms with van der Waals surface area (Å²) in [5.41, 5.74) is 7.94. The maximum absolute atomic E-state index is 5.72. The van der Waals surface area contributed by atoms with E-state index in [1.165, 1.54) is 11.8 Å². The number of pyridine rings is 1. The number of nitrogens with zero attached hydrogens (tertiary/aromatic N) is 4. The molecule has 0 aliphatic heterocycles. The van der Waals surface area contributed by atoms with Gasteiger partial charge in [-0.2, -0.15) is 0 Å². The number of aryl methyl sites for hydroxylation is 2. The molecule has 0 radical (unpaired) electrons. The van der Waals surface area contributed by atoms with Crippen molar-refractivity contribution in [3.05, 3.63) is 29.7 Å². The Kier molecular flexibility index (Phi) is 3.21. The summed E-state index contributed by atoms with van der Waals surface area (Å²) in [7, 11) is 1.90. The van der Waals surface area contributed by atoms with E-state index in [1.54, 1.807) is 12.5 Å². The van der Waals surface area contributed by atoms with E-state index in [2.05, 4.69) is 15.2 Å². The molecule has 2 rings (SSSR count). The monoisotopic (exact) mass is 235 g/mol. The summed E-state index contributed by atoms with van der Waals surface area (Å²) in [5, 5.41) is 9.55. The first-order valence-corrected chi connectivity index (χ1v) is 5.70. The summed E-state index contributed by atoms with van der Waals surface area (Å²) in [6, 6.07) is 1.96. The fourth-order valence-electron chi connectivity index (χ4n) is 1.35. The molecule has 0 aliphatic rings. The van der Waals surface area contributed by atoms with Gasteiger partial charge in [0.05, 0.1) is 0 Å². The Labute approximate surface area is 98.1 Å². The average Bonchev–Trinajstić information content (AvgIpc) is 2.65. The molecule has 0 unspecified atom stereocenters. The molecule has 2 aromatic heterocycles. The van der Waals surface area contributed by atoms with Crippen LogP contribution in [-0.2, 0) is 13.6 Å². The molecule has 0 bridgehead atoms. The molecular weight excluding hydrogens is 222 g/mol. The number of rotatable bonds is 3. The Bertz CT molecular complexity index is 494. The number of hydrogen-bond acceptors (Lipinski definition) is 5. The highest BCUT2D eigenvalue weighted by Gasteiger charge is 2.10. The molecule has 16 heavy (non-hydrogen) atoms. The van der Waals surface area contributed by atoms with Crippen LogP contribution in [0.3, 0.4) is 0 Å². The lowest BCUT2D eigenvalue weighted by Gasteiger charge is -2.08. The fraction of sp³-hybridized carbons (Fsp3) is 0.300. The van der Waals surface area contributed by atoms with Crippen molar-refractivity contribution in [1.82, 2.24) is 19.7 Å². The molecule has 0 saturated carbocycles. The zero-order chi connectivity index (χ0) is 11.5. The number of nitrogens with two attached hydrogens (primary N) is 1. The molecule has 6 heteroatoms. The predicted molar refractivity (Wildman–Crippen MR) is 62.0 cm³/mol. The smallest absolute Gasteiger partial charge is 0.197 e. The van der Waals surface area contributed by atoms with Crippen molar-refractivity contribution in [3.8, 4) is 0 Å². The molecule has 0 aromatic carbocycles. The molecule has 2 N–H and O–H groups in total. The van der Waals surface area contributed by atoms with Crippen LogP contribution in [0.2, 0.25) is 0 Å². The van der Waals surface area contributed by atoms with E-state index in [9.17, 15) is 0 Å². The van der Waals surface area contributed by atoms with E-state index in [0.717, 1.165) is 21.3 Å². The SMILES string of the molecule is Cc1ccnc(Sc2nncn2C)c1CN. The number of hydrogen-bond donors (Lipinski definition) is 1. The average molecular weight is 235 g/mol. The third kappa shape index (κ3) is 2.07. The zero-order valence-electron chi connectivity index (χ0n) is 9.21. The maximum Gasteiger partial charge on any atom is 0.197 e. The van der Waals surface area contributed by atoms with Crippen LogP contribution in [-0.4, -0.2) is 19.7 Å². The molecule has 2 aromatic rings. The standard InChI is InChI=1S/C10H13N5S/c1-7-3-4-12-9(8(7)5-11)16-10-14-13-6-15(10)2/h3-4,6H,5,11H2,1-2H3. The van der Waals surface area contributed by atoms with Crippen LogP contribution in [0.1, 0.15) is 11.1 Å². The summed E-state index contributed by atoms with van der Waals surface area (Å²) in [5.74, 6) is 0. The Balaban J connectivity index is 2.35. The van der Waals surface area contributed by atoms with Gasteiger partial charge in [0, 0.05) is 25.4 Å². The molecule has 0 aliphatic carbocycles. The Morgan fingerprint density at radius 3 is 2.94 bits per heavy atom. The highest BCUT2D eigenvalue weighted by molar-refractivity contribution is 7.99. The Hall–Kier alpha value is -1.40. The van der Waals surface area contributed by atoms with Crippen molar-refractivity contribution in [1.29, 1.82) is 0 Å². The van der Waals surface area contributed by atoms with Gasteiger partial charge in [0.15, 0.2) is 5.16 Å². The molecule has 2 heterocycles. The molecule has 0 spiro atoms. The Morgan fingerprint density at radius 1 is 1.50 bits per heavy atom. The first kappa shape index (κ1) is 11.1. The van der Waals surface area contributed by atoms with Gasteiger partial charge in [0.2, 0.25) is 0 Å². The van der Waals surface area contributed by atoms with Crippen LogP contribution in [0.25, 0.3) is 0 Å². The topological polar surface area (TPSA) is 69.6 Å². The molecule has 0 amide bonds. The third-order valence-corrected chi connectivity index (χ3v) is 3.41. The highest BCUT2D eigenvalue weighted by Crippen LogP contribution is 2.27. The van der Waals surface area contributed by atoms with Gasteiger partial charge < -0.3 is 10.3 Å². The van der Waals surface area contributed by atoms with E-state index in [4.69, 9.17) is 5.73 Å². The second-order valence-electron chi connectivity index (χ2n) is 3.44. The predicted octanol–water partition coefficient (Wildman–Crippen LogP) is 1.13. The second-order valence-corrected chi connectivity index (χ2v) is 4.40. The second kappa shape index (κ2) is 4.63. The lowest BCUT2D eigenvalue weighted by Crippen LogP contribution is -2.03. The van der Waals surface area contributed by atoms with Gasteiger partial charge in [-0.3, -0.25) is 0 Å². The van der Waals surface area contributed by atoms with Crippen LogP contribution in [0.4, 0.5) is 0 Å². The summed E-state index contributed by atoms with van der Waals surface area (Å²) < 4.78 is 1.86. The van der Waals surface area contributed by atoms with Gasteiger partial charge in [-0.1, -0.05) is 0 Å². The highest BCUT2D eigenvalue weighted by atomic mass is 32.2. The van der Waals surface area contributed by atoms with Crippen molar-refractivity contribution in [2.24, 2.45) is 12.8 Å². The summed E-state index contributed by atoms with van der Waals surface area (Å²) >= 11 is 1.48. The van der Waals surface area contributed by atoms with Crippen LogP contribution >= 0.6 is 11.8 Å². The van der Waals surface area contributed by atoms with E-state index in [-0.39, 0.29) is 0 Å². The minimum atomic E-state index is 0.486. The fourth-order valence-corrected chi connectivity index (χ4v) is 2.28. The Morgan fingerprint density at radius 2 is 2.31 bits per heavy atom. The van der Waals surface area contributed by atoms with Gasteiger partial charge >= 0.3 is 0 Å². The van der Waals surface area contributed by atoms with Gasteiger partial charge in [0.25, 0.3) is 0 Å². The van der Waals surface area contributed by atoms with Gasteiger partial charge in [-0.25, -0.2) is 4.98 Å². The first-order valence-electron chi connectivity index (χ1n) is 4.88. The van der Waals surface area contributed by atoms with Gasteiger partial charge in [-0.15, -0.1) is 10.2 Å². The third-order valence-electron chi connectivity index (χ3n) is 2.31. The normalized spacial score (nSPS) is 10.7. The molecular formula is C10H13N5S. The lowest BCUT2D eigenvalue weighted by molar-refractivity contribution is 0.785. The van der Waals surface area contributed by atoms with Crippen molar-refractivity contribution in [2.75, 3.05) is 0 Å². The quantitative estimate of drug-likeness (QED) is 0.863. The van der Waals surface area contributed by atoms with Gasteiger partial charge in [0.1, 0.15) is 11.4 Å². The van der Waals surface area contributed by atoms with Crippen molar-refractivity contribution in [2.45, 2.75) is 23.7 Å². The van der Waals surface area contributed by atoms with E-state index < -0.39 is 0 Å². The summed E-state index contributed by atoms with van der Waals surface area (Å²) in [6.07, 6.45) is 3.45. The van der Waals surface area contributed by atoms with E-state index in [1.807, 2.05) is 24.6 Å². The van der Waals surface area contributed by atoms with Gasteiger partial charge in [-0.05, 0) is 30.3 Å². The molecule has 0 fully saturated rings. The molecule has 84 valence electrons. The minimum absolute atomic E-state index is 0.486. The largest absolute Gasteiger partial charge is 0.326 e. The maximum atomic E-state index is 5.72.